The average Bonchev–Trinajstić information content (AvgIpc) is 2.33. The summed E-state index contributed by atoms with van der Waals surface area (Å²) in [6.45, 7) is 11.2. The topological polar surface area (TPSA) is 83.8 Å². The van der Waals surface area contributed by atoms with Gasteiger partial charge in [-0.25, -0.2) is 9.59 Å². The van der Waals surface area contributed by atoms with Crippen LogP contribution in [0.1, 0.15) is 73.4 Å². The Morgan fingerprint density at radius 1 is 1.00 bits per heavy atom. The number of hydrogen-bond donors (Lipinski definition) is 2. The van der Waals surface area contributed by atoms with Gasteiger partial charge in [0.05, 0.1) is 11.1 Å². The van der Waals surface area contributed by atoms with Gasteiger partial charge in [0.25, 0.3) is 0 Å². The first kappa shape index (κ1) is 17.2. The molecule has 0 bridgehead atoms. The SMILES string of the molecule is CC(C)(C)c1ccc(C(=O)O)c(C(C)(C)C)c1C(=O)OO. The molecule has 0 aromatic heterocycles. The predicted octanol–water partition coefficient (Wildman–Crippen LogP) is 3.61. The van der Waals surface area contributed by atoms with E-state index in [2.05, 4.69) is 4.89 Å². The summed E-state index contributed by atoms with van der Waals surface area (Å²) in [5, 5.41) is 18.2. The summed E-state index contributed by atoms with van der Waals surface area (Å²) in [6, 6.07) is 3.10. The number of aromatic carboxylic acids is 1. The van der Waals surface area contributed by atoms with E-state index in [-0.39, 0.29) is 11.1 Å². The van der Waals surface area contributed by atoms with Crippen molar-refractivity contribution in [2.24, 2.45) is 0 Å². The highest BCUT2D eigenvalue weighted by molar-refractivity contribution is 5.99. The molecule has 0 heterocycles. The molecule has 0 saturated carbocycles. The van der Waals surface area contributed by atoms with Gasteiger partial charge in [-0.3, -0.25) is 4.89 Å². The first-order valence-corrected chi connectivity index (χ1v) is 6.68. The van der Waals surface area contributed by atoms with Crippen molar-refractivity contribution in [2.45, 2.75) is 52.4 Å². The number of benzene rings is 1. The molecule has 0 radical (unpaired) electrons. The maximum absolute atomic E-state index is 12.1. The Bertz CT molecular complexity index is 574. The van der Waals surface area contributed by atoms with Crippen LogP contribution in [-0.4, -0.2) is 22.3 Å². The molecule has 0 spiro atoms. The molecule has 0 amide bonds. The van der Waals surface area contributed by atoms with E-state index in [1.54, 1.807) is 6.07 Å². The molecule has 1 aromatic carbocycles. The standard InChI is InChI=1S/C16H22O5/c1-15(2,3)10-8-7-9(13(17)18)12(16(4,5)6)11(10)14(19)21-20/h7-8,20H,1-6H3,(H,17,18). The van der Waals surface area contributed by atoms with Crippen molar-refractivity contribution in [3.8, 4) is 0 Å². The fourth-order valence-electron chi connectivity index (χ4n) is 2.44. The van der Waals surface area contributed by atoms with E-state index in [9.17, 15) is 14.7 Å². The number of carbonyl (C=O) groups excluding carboxylic acids is 1. The fourth-order valence-corrected chi connectivity index (χ4v) is 2.44. The third-order valence-electron chi connectivity index (χ3n) is 3.28. The smallest absolute Gasteiger partial charge is 0.373 e. The summed E-state index contributed by atoms with van der Waals surface area (Å²) in [5.74, 6) is -2.06. The number of carboxylic acids is 1. The van der Waals surface area contributed by atoms with Crippen LogP contribution in [0.5, 0.6) is 0 Å². The lowest BCUT2D eigenvalue weighted by Crippen LogP contribution is -2.27. The third kappa shape index (κ3) is 3.42. The molecule has 116 valence electrons. The molecular formula is C16H22O5. The first-order valence-electron chi connectivity index (χ1n) is 6.68. The van der Waals surface area contributed by atoms with Gasteiger partial charge in [0.15, 0.2) is 0 Å². The quantitative estimate of drug-likeness (QED) is 0.643. The van der Waals surface area contributed by atoms with Gasteiger partial charge in [0.1, 0.15) is 0 Å². The number of carbonyl (C=O) groups is 2. The van der Waals surface area contributed by atoms with Gasteiger partial charge in [-0.2, -0.15) is 5.26 Å². The van der Waals surface area contributed by atoms with Crippen molar-refractivity contribution in [1.82, 2.24) is 0 Å². The van der Waals surface area contributed by atoms with E-state index in [1.807, 2.05) is 41.5 Å². The van der Waals surface area contributed by atoms with Crippen LogP contribution in [-0.2, 0) is 15.7 Å². The predicted molar refractivity (Wildman–Crippen MR) is 78.8 cm³/mol. The van der Waals surface area contributed by atoms with E-state index in [1.165, 1.54) is 6.07 Å². The van der Waals surface area contributed by atoms with Gasteiger partial charge in [0.2, 0.25) is 0 Å². The second-order valence-corrected chi connectivity index (χ2v) is 7.09. The summed E-state index contributed by atoms with van der Waals surface area (Å²) in [5.41, 5.74) is 0.158. The van der Waals surface area contributed by atoms with E-state index < -0.39 is 22.8 Å². The largest absolute Gasteiger partial charge is 0.478 e. The van der Waals surface area contributed by atoms with E-state index >= 15 is 0 Å². The molecule has 1 rings (SSSR count). The molecule has 0 saturated heterocycles. The average molecular weight is 294 g/mol. The Morgan fingerprint density at radius 3 is 1.86 bits per heavy atom. The zero-order valence-electron chi connectivity index (χ0n) is 13.3. The highest BCUT2D eigenvalue weighted by Crippen LogP contribution is 2.36. The highest BCUT2D eigenvalue weighted by Gasteiger charge is 2.34. The minimum atomic E-state index is -1.12. The van der Waals surface area contributed by atoms with Gasteiger partial charge in [-0.15, -0.1) is 0 Å². The lowest BCUT2D eigenvalue weighted by molar-refractivity contribution is -0.183. The van der Waals surface area contributed by atoms with Crippen molar-refractivity contribution in [2.75, 3.05) is 0 Å². The first-order chi connectivity index (χ1) is 9.41. The molecule has 0 aliphatic heterocycles. The number of carboxylic acid groups (broad SMARTS) is 1. The molecule has 0 unspecified atom stereocenters. The maximum Gasteiger partial charge on any atom is 0.373 e. The van der Waals surface area contributed by atoms with Crippen LogP contribution in [0.15, 0.2) is 12.1 Å². The zero-order chi connectivity index (χ0) is 16.6. The zero-order valence-corrected chi connectivity index (χ0v) is 13.3. The molecule has 5 heteroatoms. The summed E-state index contributed by atoms with van der Waals surface area (Å²) in [6.07, 6.45) is 0. The number of rotatable bonds is 2. The van der Waals surface area contributed by atoms with Crippen LogP contribution >= 0.6 is 0 Å². The molecule has 0 aliphatic carbocycles. The highest BCUT2D eigenvalue weighted by atomic mass is 17.1. The van der Waals surface area contributed by atoms with Gasteiger partial charge in [-0.05, 0) is 28.0 Å². The lowest BCUT2D eigenvalue weighted by atomic mass is 9.74. The lowest BCUT2D eigenvalue weighted by Gasteiger charge is -2.29. The molecule has 5 nitrogen and oxygen atoms in total. The molecule has 1 aromatic rings. The van der Waals surface area contributed by atoms with Crippen molar-refractivity contribution in [3.05, 3.63) is 34.4 Å². The summed E-state index contributed by atoms with van der Waals surface area (Å²) >= 11 is 0. The van der Waals surface area contributed by atoms with E-state index in [4.69, 9.17) is 5.26 Å². The summed E-state index contributed by atoms with van der Waals surface area (Å²) in [4.78, 5) is 27.4. The Morgan fingerprint density at radius 2 is 1.52 bits per heavy atom. The van der Waals surface area contributed by atoms with Crippen LogP contribution in [0.25, 0.3) is 0 Å². The Kier molecular flexibility index (Phi) is 4.48. The molecule has 0 atom stereocenters. The van der Waals surface area contributed by atoms with Gasteiger partial charge >= 0.3 is 11.9 Å². The monoisotopic (exact) mass is 294 g/mol. The van der Waals surface area contributed by atoms with Crippen LogP contribution in [0.4, 0.5) is 0 Å². The van der Waals surface area contributed by atoms with Crippen molar-refractivity contribution >= 4 is 11.9 Å². The molecule has 0 aliphatic rings. The summed E-state index contributed by atoms with van der Waals surface area (Å²) < 4.78 is 0. The molecular weight excluding hydrogens is 272 g/mol. The maximum atomic E-state index is 12.1. The molecule has 2 N–H and O–H groups in total. The van der Waals surface area contributed by atoms with Crippen molar-refractivity contribution < 1.29 is 24.8 Å². The fraction of sp³-hybridized carbons (Fsp3) is 0.500. The van der Waals surface area contributed by atoms with Gasteiger partial charge in [0, 0.05) is 0 Å². The van der Waals surface area contributed by atoms with E-state index in [0.29, 0.717) is 11.1 Å². The van der Waals surface area contributed by atoms with Crippen molar-refractivity contribution in [3.63, 3.8) is 0 Å². The second-order valence-electron chi connectivity index (χ2n) is 7.09. The van der Waals surface area contributed by atoms with Crippen LogP contribution in [0.2, 0.25) is 0 Å². The minimum Gasteiger partial charge on any atom is -0.478 e. The third-order valence-corrected chi connectivity index (χ3v) is 3.28. The second kappa shape index (κ2) is 5.48. The molecule has 21 heavy (non-hydrogen) atoms. The van der Waals surface area contributed by atoms with Crippen molar-refractivity contribution in [1.29, 1.82) is 0 Å². The van der Waals surface area contributed by atoms with E-state index in [0.717, 1.165) is 0 Å². The molecule has 0 fully saturated rings. The Labute approximate surface area is 124 Å². The van der Waals surface area contributed by atoms with Crippen LogP contribution in [0.3, 0.4) is 0 Å². The Hall–Kier alpha value is -1.88. The normalized spacial score (nSPS) is 12.1. The Balaban J connectivity index is 3.92. The number of hydrogen-bond acceptors (Lipinski definition) is 4. The summed E-state index contributed by atoms with van der Waals surface area (Å²) in [7, 11) is 0. The van der Waals surface area contributed by atoms with Gasteiger partial charge in [-0.1, -0.05) is 47.6 Å². The minimum absolute atomic E-state index is 0.0379. The van der Waals surface area contributed by atoms with Crippen LogP contribution in [0, 0.1) is 0 Å². The van der Waals surface area contributed by atoms with Crippen LogP contribution < -0.4 is 0 Å². The van der Waals surface area contributed by atoms with Gasteiger partial charge < -0.3 is 5.11 Å².